The van der Waals surface area contributed by atoms with E-state index in [4.69, 9.17) is 11.6 Å². The second-order valence-corrected chi connectivity index (χ2v) is 15.3. The van der Waals surface area contributed by atoms with Gasteiger partial charge in [-0.15, -0.1) is 21.5 Å². The number of piperidine rings is 1. The summed E-state index contributed by atoms with van der Waals surface area (Å²) in [7, 11) is 2.10. The fourth-order valence-electron chi connectivity index (χ4n) is 7.58. The number of hydrogen-bond acceptors (Lipinski definition) is 9. The summed E-state index contributed by atoms with van der Waals surface area (Å²) in [5.74, 6) is 6.69. The highest BCUT2D eigenvalue weighted by Crippen LogP contribution is 2.44. The Kier molecular flexibility index (Phi) is 9.55. The van der Waals surface area contributed by atoms with Crippen LogP contribution in [0.3, 0.4) is 0 Å². The van der Waals surface area contributed by atoms with E-state index in [-0.39, 0.29) is 36.9 Å². The molecule has 12 nitrogen and oxygen atoms in total. The number of benzene rings is 2. The van der Waals surface area contributed by atoms with Crippen LogP contribution in [0.2, 0.25) is 5.02 Å². The molecule has 0 spiro atoms. The van der Waals surface area contributed by atoms with E-state index in [0.29, 0.717) is 35.9 Å². The third-order valence-electron chi connectivity index (χ3n) is 10.3. The van der Waals surface area contributed by atoms with Crippen LogP contribution in [0.1, 0.15) is 86.4 Å². The first-order valence-corrected chi connectivity index (χ1v) is 19.0. The maximum Gasteiger partial charge on any atom is 0.255 e. The van der Waals surface area contributed by atoms with Crippen molar-refractivity contribution >= 4 is 46.3 Å². The number of aryl methyl sites for hydroxylation is 2. The van der Waals surface area contributed by atoms with E-state index >= 15 is 0 Å². The van der Waals surface area contributed by atoms with E-state index in [1.54, 1.807) is 17.5 Å². The third-order valence-corrected chi connectivity index (χ3v) is 11.7. The Morgan fingerprint density at radius 3 is 2.69 bits per heavy atom. The van der Waals surface area contributed by atoms with Gasteiger partial charge in [-0.2, -0.15) is 5.10 Å². The van der Waals surface area contributed by atoms with Crippen molar-refractivity contribution in [1.29, 1.82) is 0 Å². The number of nitrogens with one attached hydrogen (secondary N) is 2. The molecular weight excluding hydrogens is 729 g/mol. The molecule has 3 aromatic heterocycles. The maximum atomic E-state index is 14.6. The molecule has 8 rings (SSSR count). The van der Waals surface area contributed by atoms with Crippen molar-refractivity contribution in [1.82, 2.24) is 39.7 Å². The number of unbranched alkanes of at least 4 members (excludes halogenated alkanes) is 1. The van der Waals surface area contributed by atoms with Crippen LogP contribution < -0.4 is 10.6 Å². The Morgan fingerprint density at radius 2 is 1.89 bits per heavy atom. The molecule has 54 heavy (non-hydrogen) atoms. The minimum Gasteiger partial charge on any atom is -0.385 e. The zero-order chi connectivity index (χ0) is 37.7. The molecule has 5 aromatic rings. The van der Waals surface area contributed by atoms with E-state index in [2.05, 4.69) is 73.3 Å². The zero-order valence-electron chi connectivity index (χ0n) is 29.9. The minimum absolute atomic E-state index is 0.0146. The predicted molar refractivity (Wildman–Crippen MR) is 202 cm³/mol. The van der Waals surface area contributed by atoms with Crippen LogP contribution in [0.15, 0.2) is 48.8 Å². The molecule has 0 aliphatic carbocycles. The van der Waals surface area contributed by atoms with Crippen molar-refractivity contribution in [3.63, 3.8) is 0 Å². The molecule has 0 bridgehead atoms. The molecule has 1 saturated heterocycles. The average molecular weight is 766 g/mol. The number of amides is 3. The van der Waals surface area contributed by atoms with Gasteiger partial charge in [0.2, 0.25) is 11.8 Å². The summed E-state index contributed by atoms with van der Waals surface area (Å²) in [6.07, 6.45) is 5.69. The summed E-state index contributed by atoms with van der Waals surface area (Å²) in [5.41, 5.74) is 5.69. The van der Waals surface area contributed by atoms with Crippen molar-refractivity contribution in [3.8, 4) is 16.8 Å². The van der Waals surface area contributed by atoms with Crippen LogP contribution in [0, 0.1) is 31.5 Å². The summed E-state index contributed by atoms with van der Waals surface area (Å²) in [6.45, 7) is 6.15. The second kappa shape index (κ2) is 14.5. The van der Waals surface area contributed by atoms with Crippen LogP contribution in [-0.4, -0.2) is 71.7 Å². The van der Waals surface area contributed by atoms with E-state index in [1.165, 1.54) is 22.6 Å². The summed E-state index contributed by atoms with van der Waals surface area (Å²) in [5, 5.41) is 20.8. The highest BCUT2D eigenvalue weighted by atomic mass is 35.5. The number of carbonyl (C=O) groups is 3. The number of imide groups is 1. The van der Waals surface area contributed by atoms with Crippen LogP contribution in [0.4, 0.5) is 10.1 Å². The lowest BCUT2D eigenvalue weighted by molar-refractivity contribution is -0.136. The van der Waals surface area contributed by atoms with Gasteiger partial charge >= 0.3 is 0 Å². The van der Waals surface area contributed by atoms with Gasteiger partial charge in [-0.3, -0.25) is 33.8 Å². The molecule has 15 heteroatoms. The number of hydrogen-bond donors (Lipinski definition) is 2. The molecule has 0 radical (unpaired) electrons. The summed E-state index contributed by atoms with van der Waals surface area (Å²) in [6, 6.07) is 9.84. The zero-order valence-corrected chi connectivity index (χ0v) is 31.5. The largest absolute Gasteiger partial charge is 0.385 e. The van der Waals surface area contributed by atoms with Crippen molar-refractivity contribution in [2.45, 2.75) is 71.2 Å². The molecule has 3 amide bonds. The third kappa shape index (κ3) is 6.68. The molecule has 276 valence electrons. The first-order chi connectivity index (χ1) is 26.0. The lowest BCUT2D eigenvalue weighted by atomic mass is 9.95. The van der Waals surface area contributed by atoms with E-state index < -0.39 is 23.7 Å². The molecular formula is C39H37ClFN9O3S. The van der Waals surface area contributed by atoms with Gasteiger partial charge in [0.1, 0.15) is 22.7 Å². The monoisotopic (exact) mass is 765 g/mol. The van der Waals surface area contributed by atoms with Crippen LogP contribution >= 0.6 is 22.9 Å². The molecule has 3 aliphatic rings. The van der Waals surface area contributed by atoms with Gasteiger partial charge in [0.05, 0.1) is 29.2 Å². The van der Waals surface area contributed by atoms with Crippen molar-refractivity contribution in [2.75, 3.05) is 18.9 Å². The van der Waals surface area contributed by atoms with Gasteiger partial charge in [0.25, 0.3) is 5.91 Å². The molecule has 2 unspecified atom stereocenters. The molecule has 0 saturated carbocycles. The number of fused-ring (bicyclic) bond motifs is 4. The number of carbonyl (C=O) groups excluding carboxylic acids is 3. The number of thiophene rings is 1. The van der Waals surface area contributed by atoms with Gasteiger partial charge in [0, 0.05) is 59.7 Å². The number of anilines is 1. The Balaban J connectivity index is 0.922. The lowest BCUT2D eigenvalue weighted by Crippen LogP contribution is -2.52. The molecule has 3 aliphatic heterocycles. The molecule has 2 N–H and O–H groups in total. The lowest BCUT2D eigenvalue weighted by Gasteiger charge is -2.29. The van der Waals surface area contributed by atoms with Gasteiger partial charge in [-0.05, 0) is 75.5 Å². The van der Waals surface area contributed by atoms with Gasteiger partial charge in [-0.25, -0.2) is 4.39 Å². The highest BCUT2D eigenvalue weighted by molar-refractivity contribution is 7.15. The van der Waals surface area contributed by atoms with E-state index in [0.717, 1.165) is 51.1 Å². The van der Waals surface area contributed by atoms with E-state index in [9.17, 15) is 18.8 Å². The quantitative estimate of drug-likeness (QED) is 0.120. The predicted octanol–water partition coefficient (Wildman–Crippen LogP) is 5.52. The Bertz CT molecular complexity index is 2370. The molecule has 2 atom stereocenters. The molecule has 1 fully saturated rings. The molecule has 2 aromatic carbocycles. The van der Waals surface area contributed by atoms with Gasteiger partial charge < -0.3 is 10.2 Å². The summed E-state index contributed by atoms with van der Waals surface area (Å²) < 4.78 is 18.6. The first-order valence-electron chi connectivity index (χ1n) is 17.8. The van der Waals surface area contributed by atoms with Gasteiger partial charge in [-0.1, -0.05) is 35.6 Å². The van der Waals surface area contributed by atoms with Gasteiger partial charge in [0.15, 0.2) is 5.82 Å². The van der Waals surface area contributed by atoms with Crippen molar-refractivity contribution in [2.24, 2.45) is 0 Å². The van der Waals surface area contributed by atoms with E-state index in [1.807, 2.05) is 29.9 Å². The fraction of sp³-hybridized carbons (Fsp3) is 0.333. The SMILES string of the molecule is Cc1c(C#Cc2cnn(CCCCNc3cc(F)cc4c3CN(C3CCC(=O)NC3=O)C4=O)c2)sc2c1C(c1ccc(Cl)cc1)N(C)Cc1nnc(C)n1-2. The van der Waals surface area contributed by atoms with Crippen LogP contribution in [0.5, 0.6) is 0 Å². The summed E-state index contributed by atoms with van der Waals surface area (Å²) in [4.78, 5) is 41.9. The summed E-state index contributed by atoms with van der Waals surface area (Å²) >= 11 is 7.90. The normalized spacial score (nSPS) is 18.1. The Hall–Kier alpha value is -5.36. The number of nitrogens with zero attached hydrogens (tertiary/aromatic N) is 7. The fourth-order valence-corrected chi connectivity index (χ4v) is 8.96. The number of rotatable bonds is 8. The van der Waals surface area contributed by atoms with Crippen LogP contribution in [0.25, 0.3) is 5.00 Å². The maximum absolute atomic E-state index is 14.6. The smallest absolute Gasteiger partial charge is 0.255 e. The average Bonchev–Trinajstić information content (AvgIpc) is 3.89. The topological polar surface area (TPSA) is 130 Å². The molecule has 6 heterocycles. The van der Waals surface area contributed by atoms with Crippen molar-refractivity contribution < 1.29 is 18.8 Å². The Labute approximate surface area is 320 Å². The van der Waals surface area contributed by atoms with Crippen molar-refractivity contribution in [3.05, 3.63) is 110 Å². The van der Waals surface area contributed by atoms with Crippen LogP contribution in [-0.2, 0) is 29.2 Å². The standard InChI is InChI=1S/C39H37ClFN9O3S/c1-22-32(54-39-35(22)36(25-7-9-26(40)10-8-25)47(3)21-33-46-45-23(2)50(33)39)12-6-24-18-43-48(19-24)15-5-4-14-42-30-17-27(41)16-28-29(30)20-49(38(28)53)31-11-13-34(51)44-37(31)52/h7-10,16-19,31,36,42H,4-5,11,13-15,20-21H2,1-3H3,(H,44,51,52). The highest BCUT2D eigenvalue weighted by Gasteiger charge is 2.40. The minimum atomic E-state index is -0.756. The number of aromatic nitrogens is 5. The number of halogens is 2. The first kappa shape index (κ1) is 35.7. The Morgan fingerprint density at radius 1 is 1.07 bits per heavy atom. The second-order valence-electron chi connectivity index (χ2n) is 13.9.